The summed E-state index contributed by atoms with van der Waals surface area (Å²) in [6.45, 7) is 1.76. The quantitative estimate of drug-likeness (QED) is 0.320. The van der Waals surface area contributed by atoms with Crippen molar-refractivity contribution in [1.29, 1.82) is 0 Å². The summed E-state index contributed by atoms with van der Waals surface area (Å²) in [5.41, 5.74) is 5.85. The van der Waals surface area contributed by atoms with Crippen LogP contribution in [0.1, 0.15) is 58.5 Å². The first kappa shape index (κ1) is 24.7. The van der Waals surface area contributed by atoms with Gasteiger partial charge in [0.25, 0.3) is 5.91 Å². The highest BCUT2D eigenvalue weighted by molar-refractivity contribution is 6.07. The second-order valence-electron chi connectivity index (χ2n) is 9.74. The number of fused-ring (bicyclic) bond motifs is 3. The molecule has 0 saturated heterocycles. The Bertz CT molecular complexity index is 1600. The van der Waals surface area contributed by atoms with Gasteiger partial charge in [0.1, 0.15) is 0 Å². The van der Waals surface area contributed by atoms with Crippen molar-refractivity contribution in [3.63, 3.8) is 0 Å². The van der Waals surface area contributed by atoms with Crippen LogP contribution in [0.25, 0.3) is 22.6 Å². The zero-order valence-electron chi connectivity index (χ0n) is 21.6. The van der Waals surface area contributed by atoms with Crippen molar-refractivity contribution < 1.29 is 23.8 Å². The first-order valence-corrected chi connectivity index (χ1v) is 13.1. The minimum Gasteiger partial charge on any atom is -0.454 e. The molecule has 1 aromatic heterocycles. The first-order chi connectivity index (χ1) is 19.1. The van der Waals surface area contributed by atoms with E-state index >= 15 is 0 Å². The maximum absolute atomic E-state index is 13.5. The Kier molecular flexibility index (Phi) is 6.71. The predicted molar refractivity (Wildman–Crippen MR) is 148 cm³/mol. The fraction of sp³-hybridized carbons (Fsp3) is 0.219. The second kappa shape index (κ2) is 10.6. The van der Waals surface area contributed by atoms with Crippen LogP contribution in [0, 0.1) is 0 Å². The molecular formula is C32H28N2O5. The third-order valence-corrected chi connectivity index (χ3v) is 7.12. The fourth-order valence-corrected chi connectivity index (χ4v) is 5.22. The highest BCUT2D eigenvalue weighted by Gasteiger charge is 2.27. The van der Waals surface area contributed by atoms with E-state index in [1.54, 1.807) is 0 Å². The third-order valence-electron chi connectivity index (χ3n) is 7.12. The molecule has 0 unspecified atom stereocenters. The Balaban J connectivity index is 1.28. The lowest BCUT2D eigenvalue weighted by molar-refractivity contribution is -0.124. The Hall–Kier alpha value is -4.65. The molecule has 1 N–H and O–H groups in total. The van der Waals surface area contributed by atoms with Gasteiger partial charge in [-0.3, -0.25) is 4.79 Å². The topological polar surface area (TPSA) is 86.8 Å². The number of pyridine rings is 1. The molecule has 4 aromatic rings. The number of nitrogens with zero attached hydrogens (tertiary/aromatic N) is 1. The fourth-order valence-electron chi connectivity index (χ4n) is 5.22. The minimum absolute atomic E-state index is 0.198. The lowest BCUT2D eigenvalue weighted by Crippen LogP contribution is -2.31. The Morgan fingerprint density at radius 3 is 2.67 bits per heavy atom. The van der Waals surface area contributed by atoms with Crippen LogP contribution >= 0.6 is 0 Å². The van der Waals surface area contributed by atoms with Crippen molar-refractivity contribution in [2.24, 2.45) is 0 Å². The summed E-state index contributed by atoms with van der Waals surface area (Å²) >= 11 is 0. The van der Waals surface area contributed by atoms with Crippen LogP contribution in [-0.4, -0.2) is 30.3 Å². The lowest BCUT2D eigenvalue weighted by atomic mass is 9.86. The molecule has 6 rings (SSSR count). The second-order valence-corrected chi connectivity index (χ2v) is 9.74. The molecule has 0 fully saturated rings. The molecule has 39 heavy (non-hydrogen) atoms. The molecule has 7 heteroatoms. The van der Waals surface area contributed by atoms with E-state index in [0.29, 0.717) is 17.5 Å². The van der Waals surface area contributed by atoms with E-state index in [4.69, 9.17) is 19.2 Å². The maximum atomic E-state index is 13.5. The molecular weight excluding hydrogens is 492 g/mol. The Morgan fingerprint density at radius 1 is 1.00 bits per heavy atom. The number of hydrogen-bond acceptors (Lipinski definition) is 6. The summed E-state index contributed by atoms with van der Waals surface area (Å²) < 4.78 is 16.6. The molecule has 2 aliphatic rings. The molecule has 3 aromatic carbocycles. The van der Waals surface area contributed by atoms with Crippen LogP contribution in [0.3, 0.4) is 0 Å². The molecule has 7 nitrogen and oxygen atoms in total. The number of carbonyl (C=O) groups excluding carboxylic acids is 2. The molecule has 1 aliphatic heterocycles. The van der Waals surface area contributed by atoms with Crippen LogP contribution < -0.4 is 14.8 Å². The van der Waals surface area contributed by atoms with E-state index in [9.17, 15) is 9.59 Å². The molecule has 0 spiro atoms. The number of ether oxygens (including phenoxy) is 3. The summed E-state index contributed by atoms with van der Waals surface area (Å²) in [5, 5.41) is 3.62. The minimum atomic E-state index is -0.517. The average Bonchev–Trinajstić information content (AvgIpc) is 3.43. The zero-order chi connectivity index (χ0) is 26.8. The normalized spacial score (nSPS) is 15.6. The van der Waals surface area contributed by atoms with E-state index in [2.05, 4.69) is 11.4 Å². The number of rotatable bonds is 6. The summed E-state index contributed by atoms with van der Waals surface area (Å²) in [5.74, 6) is 0.584. The van der Waals surface area contributed by atoms with Crippen molar-refractivity contribution in [3.05, 3.63) is 101 Å². The highest BCUT2D eigenvalue weighted by atomic mass is 16.7. The smallest absolute Gasteiger partial charge is 0.339 e. The van der Waals surface area contributed by atoms with Gasteiger partial charge in [0, 0.05) is 5.39 Å². The predicted octanol–water partition coefficient (Wildman–Crippen LogP) is 5.87. The SMILES string of the molecule is C[C@@H](NC(=O)COC(=O)c1c2c(nc3ccccc13)/C(=C\c1ccc3c(c1)OCO3)CCC2)c1ccccc1. The van der Waals surface area contributed by atoms with Crippen LogP contribution in [-0.2, 0) is 16.0 Å². The van der Waals surface area contributed by atoms with Gasteiger partial charge in [-0.25, -0.2) is 9.78 Å². The van der Waals surface area contributed by atoms with Crippen molar-refractivity contribution in [2.75, 3.05) is 13.4 Å². The van der Waals surface area contributed by atoms with Crippen molar-refractivity contribution in [2.45, 2.75) is 32.2 Å². The van der Waals surface area contributed by atoms with E-state index < -0.39 is 5.97 Å². The monoisotopic (exact) mass is 520 g/mol. The van der Waals surface area contributed by atoms with Gasteiger partial charge in [-0.1, -0.05) is 54.6 Å². The lowest BCUT2D eigenvalue weighted by Gasteiger charge is -2.22. The number of aromatic nitrogens is 1. The third kappa shape index (κ3) is 5.08. The largest absolute Gasteiger partial charge is 0.454 e. The molecule has 196 valence electrons. The number of benzene rings is 3. The summed E-state index contributed by atoms with van der Waals surface area (Å²) in [7, 11) is 0. The Morgan fingerprint density at radius 2 is 1.79 bits per heavy atom. The average molecular weight is 521 g/mol. The standard InChI is InChI=1S/C32H28N2O5/c1-20(22-8-3-2-4-9-22)33-29(35)18-37-32(36)30-24-11-5-6-13-26(24)34-31-23(10-7-12-25(30)31)16-21-14-15-27-28(17-21)39-19-38-27/h2-6,8-9,11,13-17,20H,7,10,12,18-19H2,1H3,(H,33,35)/b23-16-/t20-/m1/s1. The van der Waals surface area contributed by atoms with Gasteiger partial charge in [-0.15, -0.1) is 0 Å². The molecule has 0 radical (unpaired) electrons. The van der Waals surface area contributed by atoms with Crippen molar-refractivity contribution in [3.8, 4) is 11.5 Å². The van der Waals surface area contributed by atoms with E-state index in [1.807, 2.05) is 79.7 Å². The molecule has 1 aliphatic carbocycles. The molecule has 2 heterocycles. The van der Waals surface area contributed by atoms with Crippen LogP contribution in [0.2, 0.25) is 0 Å². The maximum Gasteiger partial charge on any atom is 0.339 e. The van der Waals surface area contributed by atoms with E-state index in [1.165, 1.54) is 0 Å². The number of esters is 1. The van der Waals surface area contributed by atoms with Gasteiger partial charge in [0.15, 0.2) is 18.1 Å². The van der Waals surface area contributed by atoms with Crippen molar-refractivity contribution >= 4 is 34.4 Å². The molecule has 1 atom stereocenters. The summed E-state index contributed by atoms with van der Waals surface area (Å²) in [4.78, 5) is 31.1. The number of nitrogens with one attached hydrogen (secondary N) is 1. The van der Waals surface area contributed by atoms with Gasteiger partial charge in [0.2, 0.25) is 6.79 Å². The van der Waals surface area contributed by atoms with Crippen LogP contribution in [0.15, 0.2) is 72.8 Å². The van der Waals surface area contributed by atoms with Gasteiger partial charge < -0.3 is 19.5 Å². The van der Waals surface area contributed by atoms with Crippen LogP contribution in [0.5, 0.6) is 11.5 Å². The molecule has 0 bridgehead atoms. The van der Waals surface area contributed by atoms with Gasteiger partial charge >= 0.3 is 5.97 Å². The molecule has 0 saturated carbocycles. The Labute approximate surface area is 226 Å². The zero-order valence-corrected chi connectivity index (χ0v) is 21.6. The van der Waals surface area contributed by atoms with Crippen molar-refractivity contribution in [1.82, 2.24) is 10.3 Å². The first-order valence-electron chi connectivity index (χ1n) is 13.1. The van der Waals surface area contributed by atoms with Crippen LogP contribution in [0.4, 0.5) is 0 Å². The number of hydrogen-bond donors (Lipinski definition) is 1. The van der Waals surface area contributed by atoms with Gasteiger partial charge in [0.05, 0.1) is 22.8 Å². The molecule has 1 amide bonds. The number of allylic oxidation sites excluding steroid dienone is 1. The van der Waals surface area contributed by atoms with E-state index in [0.717, 1.165) is 57.7 Å². The number of carbonyl (C=O) groups is 2. The number of amides is 1. The summed E-state index contributed by atoms with van der Waals surface area (Å²) in [6, 6.07) is 22.9. The van der Waals surface area contributed by atoms with Gasteiger partial charge in [-0.05, 0) is 72.7 Å². The summed E-state index contributed by atoms with van der Waals surface area (Å²) in [6.07, 6.45) is 4.50. The highest BCUT2D eigenvalue weighted by Crippen LogP contribution is 2.38. The number of para-hydroxylation sites is 1. The van der Waals surface area contributed by atoms with Gasteiger partial charge in [-0.2, -0.15) is 0 Å². The van der Waals surface area contributed by atoms with E-state index in [-0.39, 0.29) is 25.3 Å².